The molecule has 1 heterocycles. The summed E-state index contributed by atoms with van der Waals surface area (Å²) in [7, 11) is 0. The first kappa shape index (κ1) is 20.2. The lowest BCUT2D eigenvalue weighted by Crippen LogP contribution is -2.51. The molecule has 0 saturated carbocycles. The third-order valence-electron chi connectivity index (χ3n) is 4.18. The largest absolute Gasteiger partial charge is 0.405 e. The van der Waals surface area contributed by atoms with E-state index in [1.165, 1.54) is 5.56 Å². The molecule has 0 aromatic heterocycles. The Morgan fingerprint density at radius 3 is 2.58 bits per heavy atom. The van der Waals surface area contributed by atoms with Gasteiger partial charge in [0.25, 0.3) is 0 Å². The smallest absolute Gasteiger partial charge is 0.329 e. The zero-order valence-electron chi connectivity index (χ0n) is 14.5. The summed E-state index contributed by atoms with van der Waals surface area (Å²) < 4.78 is 36.2. The molecule has 0 bridgehead atoms. The number of piperazine rings is 1. The summed E-state index contributed by atoms with van der Waals surface area (Å²) in [6, 6.07) is 6.90. The summed E-state index contributed by atoms with van der Waals surface area (Å²) in [5, 5.41) is 6.82. The molecule has 0 spiro atoms. The number of urea groups is 1. The Morgan fingerprint density at radius 1 is 1.27 bits per heavy atom. The van der Waals surface area contributed by atoms with Crippen molar-refractivity contribution in [2.45, 2.75) is 25.6 Å². The Balaban J connectivity index is 1.92. The zero-order valence-corrected chi connectivity index (χ0v) is 14.5. The lowest BCUT2D eigenvalue weighted by Gasteiger charge is -2.36. The van der Waals surface area contributed by atoms with E-state index in [1.54, 1.807) is 5.32 Å². The van der Waals surface area contributed by atoms with Crippen molar-refractivity contribution in [2.75, 3.05) is 32.7 Å². The number of benzene rings is 1. The Kier molecular flexibility index (Phi) is 6.98. The van der Waals surface area contributed by atoms with Gasteiger partial charge in [-0.2, -0.15) is 13.2 Å². The summed E-state index contributed by atoms with van der Waals surface area (Å²) in [4.78, 5) is 25.3. The fourth-order valence-electron chi connectivity index (χ4n) is 2.82. The van der Waals surface area contributed by atoms with Crippen LogP contribution in [0.4, 0.5) is 18.0 Å². The second kappa shape index (κ2) is 9.00. The first-order chi connectivity index (χ1) is 12.3. The molecule has 144 valence electrons. The monoisotopic (exact) mass is 372 g/mol. The van der Waals surface area contributed by atoms with Crippen molar-refractivity contribution in [3.63, 3.8) is 0 Å². The number of carbonyl (C=O) groups is 2. The highest BCUT2D eigenvalue weighted by molar-refractivity contribution is 5.95. The molecule has 1 unspecified atom stereocenters. The van der Waals surface area contributed by atoms with Crippen molar-refractivity contribution in [2.24, 2.45) is 0 Å². The fraction of sp³-hybridized carbons (Fsp3) is 0.529. The number of hydrogen-bond donors (Lipinski definition) is 3. The quantitative estimate of drug-likeness (QED) is 0.734. The minimum Gasteiger partial charge on any atom is -0.329 e. The molecule has 1 aliphatic rings. The first-order valence-electron chi connectivity index (χ1n) is 8.46. The molecule has 9 heteroatoms. The molecule has 0 radical (unpaired) electrons. The predicted octanol–water partition coefficient (Wildman–Crippen LogP) is 1.58. The van der Waals surface area contributed by atoms with E-state index in [4.69, 9.17) is 0 Å². The first-order valence-corrected chi connectivity index (χ1v) is 8.46. The highest BCUT2D eigenvalue weighted by atomic mass is 19.4. The summed E-state index contributed by atoms with van der Waals surface area (Å²) in [5.74, 6) is -0.637. The lowest BCUT2D eigenvalue weighted by atomic mass is 10.0. The Labute approximate surface area is 150 Å². The number of rotatable bonds is 5. The highest BCUT2D eigenvalue weighted by Crippen LogP contribution is 2.22. The van der Waals surface area contributed by atoms with Crippen molar-refractivity contribution in [3.8, 4) is 0 Å². The van der Waals surface area contributed by atoms with Crippen LogP contribution in [0.3, 0.4) is 0 Å². The number of imide groups is 1. The molecular weight excluding hydrogens is 349 g/mol. The van der Waals surface area contributed by atoms with Crippen LogP contribution in [0.15, 0.2) is 24.3 Å². The molecule has 1 fully saturated rings. The second-order valence-corrected chi connectivity index (χ2v) is 6.13. The van der Waals surface area contributed by atoms with Gasteiger partial charge in [-0.05, 0) is 17.5 Å². The van der Waals surface area contributed by atoms with E-state index < -0.39 is 24.7 Å². The van der Waals surface area contributed by atoms with Crippen molar-refractivity contribution in [3.05, 3.63) is 35.4 Å². The maximum Gasteiger partial charge on any atom is 0.405 e. The summed E-state index contributed by atoms with van der Waals surface area (Å²) in [6.07, 6.45) is -3.59. The molecule has 1 aromatic carbocycles. The van der Waals surface area contributed by atoms with Crippen LogP contribution < -0.4 is 16.0 Å². The molecule has 2 rings (SSSR count). The summed E-state index contributed by atoms with van der Waals surface area (Å²) in [6.45, 7) is 2.46. The van der Waals surface area contributed by atoms with Crippen LogP contribution in [0.5, 0.6) is 0 Å². The third kappa shape index (κ3) is 6.30. The average molecular weight is 372 g/mol. The van der Waals surface area contributed by atoms with Crippen LogP contribution >= 0.6 is 0 Å². The van der Waals surface area contributed by atoms with Crippen molar-refractivity contribution in [1.29, 1.82) is 0 Å². The van der Waals surface area contributed by atoms with Crippen molar-refractivity contribution in [1.82, 2.24) is 20.9 Å². The van der Waals surface area contributed by atoms with Gasteiger partial charge >= 0.3 is 12.2 Å². The molecule has 1 saturated heterocycles. The number of nitrogens with one attached hydrogen (secondary N) is 3. The number of carbonyl (C=O) groups excluding carboxylic acids is 2. The molecule has 3 amide bonds. The van der Waals surface area contributed by atoms with Crippen molar-refractivity contribution < 1.29 is 22.8 Å². The molecule has 1 aromatic rings. The minimum absolute atomic E-state index is 0.0429. The minimum atomic E-state index is -4.52. The van der Waals surface area contributed by atoms with Crippen LogP contribution in [0.2, 0.25) is 0 Å². The number of hydrogen-bond acceptors (Lipinski definition) is 4. The Hall–Kier alpha value is -2.13. The number of nitrogens with zero attached hydrogens (tertiary/aromatic N) is 1. The van der Waals surface area contributed by atoms with E-state index in [0.29, 0.717) is 19.6 Å². The van der Waals surface area contributed by atoms with E-state index in [9.17, 15) is 22.8 Å². The van der Waals surface area contributed by atoms with Gasteiger partial charge in [0.1, 0.15) is 6.54 Å². The fourth-order valence-corrected chi connectivity index (χ4v) is 2.82. The van der Waals surface area contributed by atoms with Gasteiger partial charge in [0.15, 0.2) is 0 Å². The van der Waals surface area contributed by atoms with E-state index >= 15 is 0 Å². The van der Waals surface area contributed by atoms with Gasteiger partial charge in [-0.3, -0.25) is 15.0 Å². The van der Waals surface area contributed by atoms with Crippen LogP contribution in [0.25, 0.3) is 0 Å². The maximum atomic E-state index is 12.1. The van der Waals surface area contributed by atoms with Gasteiger partial charge in [-0.15, -0.1) is 0 Å². The number of aryl methyl sites for hydroxylation is 1. The highest BCUT2D eigenvalue weighted by Gasteiger charge is 2.29. The molecule has 6 nitrogen and oxygen atoms in total. The normalized spacial score (nSPS) is 18.4. The van der Waals surface area contributed by atoms with E-state index in [2.05, 4.69) is 12.2 Å². The Bertz CT molecular complexity index is 619. The van der Waals surface area contributed by atoms with Gasteiger partial charge in [-0.1, -0.05) is 31.2 Å². The lowest BCUT2D eigenvalue weighted by molar-refractivity contribution is -0.125. The van der Waals surface area contributed by atoms with Gasteiger partial charge < -0.3 is 10.6 Å². The molecule has 0 aliphatic carbocycles. The summed E-state index contributed by atoms with van der Waals surface area (Å²) in [5.41, 5.74) is 2.26. The van der Waals surface area contributed by atoms with Gasteiger partial charge in [-0.25, -0.2) is 4.79 Å². The SMILES string of the molecule is CCc1ccc(C2CNCCN2CC(=O)NC(=O)NCC(F)(F)F)cc1. The Morgan fingerprint density at radius 2 is 1.96 bits per heavy atom. The standard InChI is InChI=1S/C17H23F3N4O2/c1-2-12-3-5-13(6-4-12)14-9-21-7-8-24(14)10-15(25)23-16(26)22-11-17(18,19)20/h3-6,14,21H,2,7-11H2,1H3,(H2,22,23,25,26). The topological polar surface area (TPSA) is 73.5 Å². The average Bonchev–Trinajstić information content (AvgIpc) is 2.60. The van der Waals surface area contributed by atoms with Crippen LogP contribution in [0.1, 0.15) is 24.1 Å². The van der Waals surface area contributed by atoms with E-state index in [0.717, 1.165) is 12.0 Å². The molecule has 1 atom stereocenters. The second-order valence-electron chi connectivity index (χ2n) is 6.13. The maximum absolute atomic E-state index is 12.1. The summed E-state index contributed by atoms with van der Waals surface area (Å²) >= 11 is 0. The van der Waals surface area contributed by atoms with Crippen LogP contribution in [-0.4, -0.2) is 55.7 Å². The van der Waals surface area contributed by atoms with E-state index in [1.807, 2.05) is 34.5 Å². The van der Waals surface area contributed by atoms with E-state index in [-0.39, 0.29) is 12.6 Å². The van der Waals surface area contributed by atoms with Crippen LogP contribution in [0, 0.1) is 0 Å². The molecule has 1 aliphatic heterocycles. The van der Waals surface area contributed by atoms with Crippen LogP contribution in [-0.2, 0) is 11.2 Å². The number of alkyl halides is 3. The molecular formula is C17H23F3N4O2. The van der Waals surface area contributed by atoms with Gasteiger partial charge in [0.05, 0.1) is 6.54 Å². The number of halogens is 3. The molecule has 3 N–H and O–H groups in total. The van der Waals surface area contributed by atoms with Gasteiger partial charge in [0.2, 0.25) is 5.91 Å². The predicted molar refractivity (Wildman–Crippen MR) is 90.6 cm³/mol. The van der Waals surface area contributed by atoms with Gasteiger partial charge in [0, 0.05) is 25.7 Å². The third-order valence-corrected chi connectivity index (χ3v) is 4.18. The van der Waals surface area contributed by atoms with Crippen molar-refractivity contribution >= 4 is 11.9 Å². The molecule has 26 heavy (non-hydrogen) atoms. The zero-order chi connectivity index (χ0) is 19.2. The number of amides is 3.